The van der Waals surface area contributed by atoms with Gasteiger partial charge in [-0.15, -0.1) is 11.3 Å². The fraction of sp³-hybridized carbons (Fsp3) is 0.125. The van der Waals surface area contributed by atoms with E-state index in [1.807, 2.05) is 31.2 Å². The number of aromatic amines is 2. The van der Waals surface area contributed by atoms with Crippen LogP contribution in [0.15, 0.2) is 33.9 Å². The second kappa shape index (κ2) is 5.27. The van der Waals surface area contributed by atoms with Crippen LogP contribution < -0.4 is 16.0 Å². The Morgan fingerprint density at radius 2 is 2.00 bits per heavy atom. The van der Waals surface area contributed by atoms with Crippen LogP contribution in [-0.2, 0) is 0 Å². The minimum atomic E-state index is -0.538. The number of aromatic nitrogens is 4. The molecule has 0 amide bonds. The topological polar surface area (TPSA) is 101 Å². The number of thiophene rings is 1. The van der Waals surface area contributed by atoms with E-state index in [4.69, 9.17) is 4.74 Å². The molecule has 3 aromatic heterocycles. The summed E-state index contributed by atoms with van der Waals surface area (Å²) >= 11 is 1.23. The Kier molecular flexibility index (Phi) is 3.20. The highest BCUT2D eigenvalue weighted by atomic mass is 32.1. The molecule has 4 rings (SSSR count). The molecule has 2 N–H and O–H groups in total. The summed E-state index contributed by atoms with van der Waals surface area (Å²) in [7, 11) is 1.60. The molecule has 4 aromatic rings. The van der Waals surface area contributed by atoms with Gasteiger partial charge in [-0.25, -0.2) is 14.8 Å². The first-order chi connectivity index (χ1) is 11.6. The molecule has 24 heavy (non-hydrogen) atoms. The van der Waals surface area contributed by atoms with Gasteiger partial charge in [-0.3, -0.25) is 9.78 Å². The largest absolute Gasteiger partial charge is 0.497 e. The average Bonchev–Trinajstić information content (AvgIpc) is 2.94. The first-order valence-corrected chi connectivity index (χ1v) is 7.96. The lowest BCUT2D eigenvalue weighted by atomic mass is 10.2. The van der Waals surface area contributed by atoms with Gasteiger partial charge in [0.2, 0.25) is 0 Å². The number of hydrogen-bond donors (Lipinski definition) is 2. The lowest BCUT2D eigenvalue weighted by molar-refractivity contribution is 0.415. The summed E-state index contributed by atoms with van der Waals surface area (Å²) in [5.41, 5.74) is 1.05. The molecular weight excluding hydrogens is 328 g/mol. The van der Waals surface area contributed by atoms with Crippen molar-refractivity contribution in [3.8, 4) is 17.1 Å². The van der Waals surface area contributed by atoms with Gasteiger partial charge in [0.15, 0.2) is 5.82 Å². The third-order valence-electron chi connectivity index (χ3n) is 3.73. The third kappa shape index (κ3) is 2.19. The van der Waals surface area contributed by atoms with E-state index in [0.29, 0.717) is 37.7 Å². The number of ether oxygens (including phenoxy) is 1. The van der Waals surface area contributed by atoms with E-state index in [1.165, 1.54) is 11.3 Å². The monoisotopic (exact) mass is 340 g/mol. The second-order valence-electron chi connectivity index (χ2n) is 5.26. The van der Waals surface area contributed by atoms with Crippen LogP contribution in [0.5, 0.6) is 5.75 Å². The summed E-state index contributed by atoms with van der Waals surface area (Å²) in [5, 5.41) is 0.699. The number of rotatable bonds is 2. The molecule has 0 aliphatic heterocycles. The zero-order chi connectivity index (χ0) is 16.8. The summed E-state index contributed by atoms with van der Waals surface area (Å²) < 4.78 is 5.67. The summed E-state index contributed by atoms with van der Waals surface area (Å²) in [6.45, 7) is 1.83. The molecule has 1 aromatic carbocycles. The number of H-pyrrole nitrogens is 2. The molecule has 0 aliphatic rings. The molecule has 0 aliphatic carbocycles. The van der Waals surface area contributed by atoms with Crippen molar-refractivity contribution in [2.24, 2.45) is 0 Å². The van der Waals surface area contributed by atoms with Crippen LogP contribution in [0.2, 0.25) is 0 Å². The van der Waals surface area contributed by atoms with Crippen molar-refractivity contribution in [2.75, 3.05) is 7.11 Å². The Balaban J connectivity index is 2.04. The summed E-state index contributed by atoms with van der Waals surface area (Å²) in [6.07, 6.45) is 0. The Morgan fingerprint density at radius 3 is 2.79 bits per heavy atom. The highest BCUT2D eigenvalue weighted by Crippen LogP contribution is 2.32. The molecule has 0 unspecified atom stereocenters. The number of nitrogens with zero attached hydrogens (tertiary/aromatic N) is 2. The molecule has 7 nitrogen and oxygen atoms in total. The Labute approximate surface area is 139 Å². The van der Waals surface area contributed by atoms with Crippen molar-refractivity contribution >= 4 is 31.8 Å². The number of methoxy groups -OCH3 is 1. The van der Waals surface area contributed by atoms with E-state index in [1.54, 1.807) is 7.11 Å². The lowest BCUT2D eigenvalue weighted by Crippen LogP contribution is -2.20. The van der Waals surface area contributed by atoms with E-state index in [2.05, 4.69) is 19.9 Å². The maximum absolute atomic E-state index is 12.0. The van der Waals surface area contributed by atoms with Gasteiger partial charge in [0.1, 0.15) is 15.3 Å². The fourth-order valence-corrected chi connectivity index (χ4v) is 3.72. The number of benzene rings is 1. The quantitative estimate of drug-likeness (QED) is 0.582. The van der Waals surface area contributed by atoms with Gasteiger partial charge in [0, 0.05) is 5.56 Å². The van der Waals surface area contributed by atoms with E-state index in [0.717, 1.165) is 5.56 Å². The van der Waals surface area contributed by atoms with Crippen LogP contribution in [0.3, 0.4) is 0 Å². The molecule has 0 saturated carbocycles. The van der Waals surface area contributed by atoms with Crippen LogP contribution in [0.25, 0.3) is 31.8 Å². The first-order valence-electron chi connectivity index (χ1n) is 7.14. The summed E-state index contributed by atoms with van der Waals surface area (Å²) in [5.74, 6) is 1.26. The van der Waals surface area contributed by atoms with E-state index >= 15 is 0 Å². The van der Waals surface area contributed by atoms with Crippen LogP contribution in [0.4, 0.5) is 0 Å². The molecule has 3 heterocycles. The van der Waals surface area contributed by atoms with Gasteiger partial charge in [-0.2, -0.15) is 0 Å². The van der Waals surface area contributed by atoms with Crippen molar-refractivity contribution in [1.29, 1.82) is 0 Å². The SMILES string of the molecule is COc1cccc(-c2nc(C)c3c(n2)sc2c(=O)[nH]c(=O)[nH]c23)c1. The maximum Gasteiger partial charge on any atom is 0.326 e. The standard InChI is InChI=1S/C16H12N4O3S/c1-7-10-11-12(14(21)20-16(22)18-11)24-15(10)19-13(17-7)8-4-3-5-9(6-8)23-2/h3-6H,1-2H3,(H2,18,20,21,22). The predicted molar refractivity (Wildman–Crippen MR) is 92.9 cm³/mol. The number of fused-ring (bicyclic) bond motifs is 3. The Morgan fingerprint density at radius 1 is 1.17 bits per heavy atom. The van der Waals surface area contributed by atoms with Crippen molar-refractivity contribution in [1.82, 2.24) is 19.9 Å². The maximum atomic E-state index is 12.0. The molecular formula is C16H12N4O3S. The third-order valence-corrected chi connectivity index (χ3v) is 4.81. The minimum absolute atomic E-state index is 0.418. The van der Waals surface area contributed by atoms with Crippen molar-refractivity contribution in [3.63, 3.8) is 0 Å². The van der Waals surface area contributed by atoms with Gasteiger partial charge < -0.3 is 9.72 Å². The highest BCUT2D eigenvalue weighted by Gasteiger charge is 2.16. The molecule has 0 spiro atoms. The number of hydrogen-bond acceptors (Lipinski definition) is 6. The molecule has 8 heteroatoms. The average molecular weight is 340 g/mol. The molecule has 0 bridgehead atoms. The van der Waals surface area contributed by atoms with E-state index in [9.17, 15) is 9.59 Å². The number of nitrogens with one attached hydrogen (secondary N) is 2. The second-order valence-corrected chi connectivity index (χ2v) is 6.26. The van der Waals surface area contributed by atoms with Gasteiger partial charge in [-0.1, -0.05) is 12.1 Å². The zero-order valence-corrected chi connectivity index (χ0v) is 13.7. The predicted octanol–water partition coefficient (Wildman–Crippen LogP) is 2.21. The first kappa shape index (κ1) is 14.6. The molecule has 0 radical (unpaired) electrons. The van der Waals surface area contributed by atoms with E-state index in [-0.39, 0.29) is 0 Å². The Bertz CT molecular complexity index is 1210. The smallest absolute Gasteiger partial charge is 0.326 e. The van der Waals surface area contributed by atoms with Gasteiger partial charge in [0.25, 0.3) is 5.56 Å². The summed E-state index contributed by atoms with van der Waals surface area (Å²) in [4.78, 5) is 38.2. The number of aryl methyl sites for hydroxylation is 1. The van der Waals surface area contributed by atoms with Crippen LogP contribution >= 0.6 is 11.3 Å². The fourth-order valence-electron chi connectivity index (χ4n) is 2.64. The van der Waals surface area contributed by atoms with Crippen molar-refractivity contribution in [2.45, 2.75) is 6.92 Å². The van der Waals surface area contributed by atoms with Crippen LogP contribution in [0.1, 0.15) is 5.69 Å². The highest BCUT2D eigenvalue weighted by molar-refractivity contribution is 7.25. The van der Waals surface area contributed by atoms with Crippen molar-refractivity contribution < 1.29 is 4.74 Å². The van der Waals surface area contributed by atoms with E-state index < -0.39 is 11.2 Å². The molecule has 0 saturated heterocycles. The minimum Gasteiger partial charge on any atom is -0.497 e. The van der Waals surface area contributed by atoms with Crippen LogP contribution in [-0.4, -0.2) is 27.0 Å². The zero-order valence-electron chi connectivity index (χ0n) is 12.8. The normalized spacial score (nSPS) is 11.2. The van der Waals surface area contributed by atoms with Crippen LogP contribution in [0, 0.1) is 6.92 Å². The molecule has 0 atom stereocenters. The van der Waals surface area contributed by atoms with Gasteiger partial charge in [0.05, 0.1) is 23.7 Å². The summed E-state index contributed by atoms with van der Waals surface area (Å²) in [6, 6.07) is 7.45. The van der Waals surface area contributed by atoms with Gasteiger partial charge in [-0.05, 0) is 19.1 Å². The Hall–Kier alpha value is -3.00. The molecule has 120 valence electrons. The molecule has 0 fully saturated rings. The lowest BCUT2D eigenvalue weighted by Gasteiger charge is -2.05. The van der Waals surface area contributed by atoms with Gasteiger partial charge >= 0.3 is 5.69 Å². The van der Waals surface area contributed by atoms with Crippen molar-refractivity contribution in [3.05, 3.63) is 50.8 Å².